The number of pyridine rings is 2. The highest BCUT2D eigenvalue weighted by atomic mass is 19.4. The minimum atomic E-state index is -5.03. The molecule has 11 nitrogen and oxygen atoms in total. The number of alkyl halides is 6. The first-order valence-corrected chi connectivity index (χ1v) is 15.1. The Hall–Kier alpha value is -4.64. The van der Waals surface area contributed by atoms with Gasteiger partial charge < -0.3 is 30.1 Å². The lowest BCUT2D eigenvalue weighted by Gasteiger charge is -2.36. The topological polar surface area (TPSA) is 106 Å². The van der Waals surface area contributed by atoms with Gasteiger partial charge in [-0.2, -0.15) is 26.3 Å². The van der Waals surface area contributed by atoms with Gasteiger partial charge in [0.2, 0.25) is 5.91 Å². The van der Waals surface area contributed by atoms with Crippen molar-refractivity contribution in [2.24, 2.45) is 0 Å². The second-order valence-corrected chi connectivity index (χ2v) is 11.5. The molecular weight excluding hydrogens is 646 g/mol. The third-order valence-corrected chi connectivity index (χ3v) is 7.91. The molecule has 0 saturated carbocycles. The fourth-order valence-corrected chi connectivity index (χ4v) is 5.27. The molecule has 17 heteroatoms. The highest BCUT2D eigenvalue weighted by Gasteiger charge is 2.37. The van der Waals surface area contributed by atoms with Gasteiger partial charge in [0.15, 0.2) is 11.6 Å². The minimum Gasteiger partial charge on any atom is -0.485 e. The Morgan fingerprint density at radius 3 is 2.12 bits per heavy atom. The number of urea groups is 1. The molecule has 2 saturated heterocycles. The van der Waals surface area contributed by atoms with Crippen molar-refractivity contribution in [1.29, 1.82) is 0 Å². The quantitative estimate of drug-likeness (QED) is 0.332. The number of halogens is 6. The molecule has 0 atom stereocenters. The monoisotopic (exact) mass is 680 g/mol. The fourth-order valence-electron chi connectivity index (χ4n) is 5.27. The lowest BCUT2D eigenvalue weighted by Crippen LogP contribution is -2.50. The number of nitrogens with one attached hydrogen (secondary N) is 2. The zero-order valence-electron chi connectivity index (χ0n) is 25.9. The molecule has 2 N–H and O–H groups in total. The van der Waals surface area contributed by atoms with E-state index >= 15 is 0 Å². The number of rotatable bonds is 8. The summed E-state index contributed by atoms with van der Waals surface area (Å²) in [6.45, 7) is 4.63. The molecule has 2 aromatic heterocycles. The van der Waals surface area contributed by atoms with E-state index in [-0.39, 0.29) is 51.3 Å². The summed E-state index contributed by atoms with van der Waals surface area (Å²) in [5.74, 6) is 1.20. The fraction of sp³-hybridized carbons (Fsp3) is 0.419. The number of likely N-dealkylation sites (N-methyl/N-ethyl adjacent to an activating group) is 1. The van der Waals surface area contributed by atoms with Crippen molar-refractivity contribution in [3.8, 4) is 5.75 Å². The molecule has 4 heterocycles. The molecule has 3 amide bonds. The van der Waals surface area contributed by atoms with E-state index in [1.807, 2.05) is 11.9 Å². The van der Waals surface area contributed by atoms with Crippen LogP contribution in [0, 0.1) is 0 Å². The summed E-state index contributed by atoms with van der Waals surface area (Å²) >= 11 is 0. The average molecular weight is 681 g/mol. The van der Waals surface area contributed by atoms with Crippen LogP contribution in [-0.2, 0) is 23.8 Å². The Morgan fingerprint density at radius 1 is 0.812 bits per heavy atom. The van der Waals surface area contributed by atoms with Gasteiger partial charge >= 0.3 is 18.4 Å². The maximum absolute atomic E-state index is 13.2. The van der Waals surface area contributed by atoms with Crippen molar-refractivity contribution >= 4 is 29.3 Å². The molecule has 2 aliphatic heterocycles. The number of hydrogen-bond acceptors (Lipinski definition) is 8. The van der Waals surface area contributed by atoms with Crippen LogP contribution in [0.5, 0.6) is 5.75 Å². The van der Waals surface area contributed by atoms with Crippen molar-refractivity contribution in [1.82, 2.24) is 24.7 Å². The largest absolute Gasteiger partial charge is 0.485 e. The van der Waals surface area contributed by atoms with E-state index in [2.05, 4.69) is 30.4 Å². The molecule has 3 aromatic rings. The van der Waals surface area contributed by atoms with E-state index in [9.17, 15) is 35.9 Å². The maximum Gasteiger partial charge on any atom is 0.416 e. The van der Waals surface area contributed by atoms with Crippen LogP contribution >= 0.6 is 0 Å². The molecular formula is C31H34F6N8O3. The molecule has 0 aliphatic carbocycles. The van der Waals surface area contributed by atoms with Crippen LogP contribution in [0.3, 0.4) is 0 Å². The molecule has 0 spiro atoms. The van der Waals surface area contributed by atoms with E-state index in [0.717, 1.165) is 31.7 Å². The van der Waals surface area contributed by atoms with Crippen molar-refractivity contribution in [2.45, 2.75) is 19.0 Å². The number of hydrogen-bond donors (Lipinski definition) is 2. The van der Waals surface area contributed by atoms with Gasteiger partial charge in [0.25, 0.3) is 0 Å². The van der Waals surface area contributed by atoms with Crippen LogP contribution in [0.25, 0.3) is 0 Å². The SMILES string of the molecule is CN1CCN(CC(=O)Nc2cc(COc3cccnc3N3CCN(C(=O)Nc4cc(C(F)(F)F)cc(C(F)(F)F)c4)CC3)ccn2)CC1. The minimum absolute atomic E-state index is 0.00279. The van der Waals surface area contributed by atoms with Crippen molar-refractivity contribution in [3.05, 3.63) is 71.5 Å². The standard InChI is InChI=1S/C31H34F6N8O3/c1-42-7-9-43(10-8-42)19-27(46)41-26-15-21(4-6-38-26)20-48-25-3-2-5-39-28(25)44-11-13-45(14-12-44)29(47)40-24-17-22(30(32,33)34)16-23(18-24)31(35,36)37/h2-6,15-18H,7-14,19-20H2,1H3,(H,40,47)(H,38,41,46). The highest BCUT2D eigenvalue weighted by molar-refractivity contribution is 5.91. The zero-order chi connectivity index (χ0) is 34.5. The van der Waals surface area contributed by atoms with Gasteiger partial charge in [0.05, 0.1) is 17.7 Å². The summed E-state index contributed by atoms with van der Waals surface area (Å²) < 4.78 is 85.4. The van der Waals surface area contributed by atoms with E-state index < -0.39 is 35.2 Å². The van der Waals surface area contributed by atoms with Gasteiger partial charge in [-0.1, -0.05) is 0 Å². The maximum atomic E-state index is 13.2. The number of aromatic nitrogens is 2. The summed E-state index contributed by atoms with van der Waals surface area (Å²) in [5.41, 5.74) is -2.90. The second-order valence-electron chi connectivity index (χ2n) is 11.5. The Bertz CT molecular complexity index is 1560. The summed E-state index contributed by atoms with van der Waals surface area (Å²) in [7, 11) is 2.05. The summed E-state index contributed by atoms with van der Waals surface area (Å²) in [4.78, 5) is 41.5. The smallest absolute Gasteiger partial charge is 0.416 e. The average Bonchev–Trinajstić information content (AvgIpc) is 3.04. The van der Waals surface area contributed by atoms with Crippen LogP contribution < -0.4 is 20.3 Å². The number of anilines is 3. The van der Waals surface area contributed by atoms with Crippen LogP contribution in [0.15, 0.2) is 54.9 Å². The van der Waals surface area contributed by atoms with Crippen LogP contribution in [-0.4, -0.2) is 103 Å². The lowest BCUT2D eigenvalue weighted by atomic mass is 10.1. The number of carbonyl (C=O) groups excluding carboxylic acids is 2. The first kappa shape index (κ1) is 34.7. The van der Waals surface area contributed by atoms with Crippen LogP contribution in [0.4, 0.5) is 48.5 Å². The van der Waals surface area contributed by atoms with Crippen molar-refractivity contribution in [3.63, 3.8) is 0 Å². The zero-order valence-corrected chi connectivity index (χ0v) is 25.9. The molecule has 5 rings (SSSR count). The van der Waals surface area contributed by atoms with E-state index in [0.29, 0.717) is 29.5 Å². The van der Waals surface area contributed by atoms with Gasteiger partial charge in [-0.25, -0.2) is 14.8 Å². The van der Waals surface area contributed by atoms with Crippen LogP contribution in [0.1, 0.15) is 16.7 Å². The van der Waals surface area contributed by atoms with Crippen molar-refractivity contribution in [2.75, 3.05) is 81.5 Å². The lowest BCUT2D eigenvalue weighted by molar-refractivity contribution is -0.143. The molecule has 0 radical (unpaired) electrons. The number of nitrogens with zero attached hydrogens (tertiary/aromatic N) is 6. The predicted molar refractivity (Wildman–Crippen MR) is 165 cm³/mol. The van der Waals surface area contributed by atoms with E-state index in [1.54, 1.807) is 36.7 Å². The predicted octanol–water partition coefficient (Wildman–Crippen LogP) is 4.63. The second kappa shape index (κ2) is 14.6. The van der Waals surface area contributed by atoms with Gasteiger partial charge in [-0.05, 0) is 55.1 Å². The first-order chi connectivity index (χ1) is 22.7. The van der Waals surface area contributed by atoms with E-state index in [1.165, 1.54) is 4.90 Å². The summed E-state index contributed by atoms with van der Waals surface area (Å²) in [6, 6.07) is 7.01. The molecule has 0 bridgehead atoms. The molecule has 0 unspecified atom stereocenters. The van der Waals surface area contributed by atoms with Gasteiger partial charge in [-0.15, -0.1) is 0 Å². The first-order valence-electron chi connectivity index (χ1n) is 15.1. The third kappa shape index (κ3) is 9.25. The number of carbonyl (C=O) groups is 2. The van der Waals surface area contributed by atoms with E-state index in [4.69, 9.17) is 4.74 Å². The number of amides is 3. The Kier molecular flexibility index (Phi) is 10.6. The number of piperazine rings is 2. The Labute approximate surface area is 272 Å². The number of benzene rings is 1. The number of ether oxygens (including phenoxy) is 1. The summed E-state index contributed by atoms with van der Waals surface area (Å²) in [6.07, 6.45) is -6.92. The Morgan fingerprint density at radius 2 is 1.48 bits per heavy atom. The van der Waals surface area contributed by atoms with Gasteiger partial charge in [0.1, 0.15) is 12.4 Å². The van der Waals surface area contributed by atoms with Gasteiger partial charge in [0, 0.05) is 70.4 Å². The van der Waals surface area contributed by atoms with Crippen LogP contribution in [0.2, 0.25) is 0 Å². The molecule has 2 aliphatic rings. The third-order valence-electron chi connectivity index (χ3n) is 7.91. The summed E-state index contributed by atoms with van der Waals surface area (Å²) in [5, 5.41) is 5.00. The highest BCUT2D eigenvalue weighted by Crippen LogP contribution is 2.37. The normalized spacial score (nSPS) is 16.5. The van der Waals surface area contributed by atoms with Gasteiger partial charge in [-0.3, -0.25) is 9.69 Å². The van der Waals surface area contributed by atoms with Crippen molar-refractivity contribution < 1.29 is 40.7 Å². The molecule has 1 aromatic carbocycles. The Balaban J connectivity index is 1.15. The molecule has 258 valence electrons. The molecule has 2 fully saturated rings. The molecule has 48 heavy (non-hydrogen) atoms.